The lowest BCUT2D eigenvalue weighted by molar-refractivity contribution is 0.0266. The second-order valence-corrected chi connectivity index (χ2v) is 3.07. The molecule has 0 rings (SSSR count). The molecular formula is C10H22O3. The summed E-state index contributed by atoms with van der Waals surface area (Å²) in [5.41, 5.74) is 0. The van der Waals surface area contributed by atoms with Crippen molar-refractivity contribution < 1.29 is 14.6 Å². The predicted octanol–water partition coefficient (Wildman–Crippen LogP) is 1.59. The third kappa shape index (κ3) is 9.80. The third-order valence-electron chi connectivity index (χ3n) is 1.69. The van der Waals surface area contributed by atoms with Crippen molar-refractivity contribution >= 4 is 0 Å². The van der Waals surface area contributed by atoms with E-state index in [2.05, 4.69) is 6.92 Å². The molecule has 1 atom stereocenters. The first kappa shape index (κ1) is 12.9. The predicted molar refractivity (Wildman–Crippen MR) is 52.8 cm³/mol. The number of hydrogen-bond acceptors (Lipinski definition) is 3. The van der Waals surface area contributed by atoms with Crippen molar-refractivity contribution in [1.29, 1.82) is 0 Å². The maximum atomic E-state index is 9.39. The number of aliphatic hydroxyl groups excluding tert-OH is 1. The van der Waals surface area contributed by atoms with Crippen LogP contribution in [0.1, 0.15) is 33.1 Å². The van der Waals surface area contributed by atoms with Crippen molar-refractivity contribution in [2.75, 3.05) is 26.4 Å². The first-order valence-electron chi connectivity index (χ1n) is 5.14. The number of rotatable bonds is 9. The summed E-state index contributed by atoms with van der Waals surface area (Å²) in [6, 6.07) is 0. The second-order valence-electron chi connectivity index (χ2n) is 3.07. The first-order chi connectivity index (χ1) is 6.31. The highest BCUT2D eigenvalue weighted by molar-refractivity contribution is 4.53. The van der Waals surface area contributed by atoms with Crippen molar-refractivity contribution in [3.8, 4) is 0 Å². The summed E-state index contributed by atoms with van der Waals surface area (Å²) in [7, 11) is 0. The second kappa shape index (κ2) is 9.96. The van der Waals surface area contributed by atoms with E-state index >= 15 is 0 Å². The Bertz CT molecular complexity index is 96.2. The molecule has 1 unspecified atom stereocenters. The summed E-state index contributed by atoms with van der Waals surface area (Å²) in [5.74, 6) is 0. The minimum Gasteiger partial charge on any atom is -0.391 e. The Balaban J connectivity index is 3.05. The van der Waals surface area contributed by atoms with Gasteiger partial charge in [0.1, 0.15) is 0 Å². The fraction of sp³-hybridized carbons (Fsp3) is 1.00. The van der Waals surface area contributed by atoms with Gasteiger partial charge in [0.05, 0.1) is 12.7 Å². The van der Waals surface area contributed by atoms with Gasteiger partial charge in [-0.05, 0) is 26.2 Å². The van der Waals surface area contributed by atoms with Gasteiger partial charge in [0.15, 0.2) is 0 Å². The zero-order valence-electron chi connectivity index (χ0n) is 8.79. The summed E-state index contributed by atoms with van der Waals surface area (Å²) in [4.78, 5) is 0. The van der Waals surface area contributed by atoms with Gasteiger partial charge in [0.25, 0.3) is 0 Å². The summed E-state index contributed by atoms with van der Waals surface area (Å²) in [5, 5.41) is 9.39. The van der Waals surface area contributed by atoms with Gasteiger partial charge >= 0.3 is 0 Å². The molecule has 0 aliphatic heterocycles. The SMILES string of the molecule is CCCOCC(O)CCCOCC. The van der Waals surface area contributed by atoms with Crippen molar-refractivity contribution in [3.05, 3.63) is 0 Å². The van der Waals surface area contributed by atoms with Gasteiger partial charge in [-0.2, -0.15) is 0 Å². The van der Waals surface area contributed by atoms with E-state index in [1.54, 1.807) is 0 Å². The molecule has 80 valence electrons. The smallest absolute Gasteiger partial charge is 0.0774 e. The van der Waals surface area contributed by atoms with Crippen LogP contribution in [0, 0.1) is 0 Å². The van der Waals surface area contributed by atoms with E-state index in [1.165, 1.54) is 0 Å². The van der Waals surface area contributed by atoms with Gasteiger partial charge in [-0.3, -0.25) is 0 Å². The van der Waals surface area contributed by atoms with Crippen LogP contribution in [0.4, 0.5) is 0 Å². The lowest BCUT2D eigenvalue weighted by Gasteiger charge is -2.10. The molecule has 0 heterocycles. The fourth-order valence-corrected chi connectivity index (χ4v) is 1.01. The van der Waals surface area contributed by atoms with Crippen LogP contribution in [0.25, 0.3) is 0 Å². The summed E-state index contributed by atoms with van der Waals surface area (Å²) in [6.07, 6.45) is 2.35. The van der Waals surface area contributed by atoms with E-state index in [-0.39, 0.29) is 6.10 Å². The number of hydrogen-bond donors (Lipinski definition) is 1. The maximum absolute atomic E-state index is 9.39. The molecule has 0 amide bonds. The highest BCUT2D eigenvalue weighted by atomic mass is 16.5. The highest BCUT2D eigenvalue weighted by Gasteiger charge is 2.02. The van der Waals surface area contributed by atoms with Crippen LogP contribution in [-0.4, -0.2) is 37.6 Å². The zero-order chi connectivity index (χ0) is 9.94. The molecule has 0 saturated heterocycles. The van der Waals surface area contributed by atoms with E-state index in [4.69, 9.17) is 9.47 Å². The topological polar surface area (TPSA) is 38.7 Å². The number of aliphatic hydroxyl groups is 1. The molecule has 1 N–H and O–H groups in total. The van der Waals surface area contributed by atoms with E-state index < -0.39 is 0 Å². The van der Waals surface area contributed by atoms with Crippen LogP contribution in [0.3, 0.4) is 0 Å². The Morgan fingerprint density at radius 2 is 1.92 bits per heavy atom. The lowest BCUT2D eigenvalue weighted by Crippen LogP contribution is -2.16. The molecule has 0 aliphatic carbocycles. The Morgan fingerprint density at radius 1 is 1.15 bits per heavy atom. The van der Waals surface area contributed by atoms with Crippen molar-refractivity contribution in [3.63, 3.8) is 0 Å². The molecule has 0 spiro atoms. The molecular weight excluding hydrogens is 168 g/mol. The minimum atomic E-state index is -0.327. The third-order valence-corrected chi connectivity index (χ3v) is 1.69. The first-order valence-corrected chi connectivity index (χ1v) is 5.14. The van der Waals surface area contributed by atoms with Crippen LogP contribution in [0.5, 0.6) is 0 Å². The molecule has 0 aromatic carbocycles. The van der Waals surface area contributed by atoms with E-state index in [9.17, 15) is 5.11 Å². The molecule has 0 radical (unpaired) electrons. The standard InChI is InChI=1S/C10H22O3/c1-3-7-13-9-10(11)6-5-8-12-4-2/h10-11H,3-9H2,1-2H3. The van der Waals surface area contributed by atoms with Crippen molar-refractivity contribution in [2.45, 2.75) is 39.2 Å². The largest absolute Gasteiger partial charge is 0.391 e. The van der Waals surface area contributed by atoms with Crippen LogP contribution < -0.4 is 0 Å². The molecule has 3 heteroatoms. The molecule has 0 aromatic rings. The van der Waals surface area contributed by atoms with Gasteiger partial charge in [0.2, 0.25) is 0 Å². The van der Waals surface area contributed by atoms with Gasteiger partial charge in [-0.1, -0.05) is 6.92 Å². The van der Waals surface area contributed by atoms with Crippen molar-refractivity contribution in [1.82, 2.24) is 0 Å². The van der Waals surface area contributed by atoms with Gasteiger partial charge < -0.3 is 14.6 Å². The van der Waals surface area contributed by atoms with E-state index in [0.717, 1.165) is 39.1 Å². The molecule has 3 nitrogen and oxygen atoms in total. The Labute approximate surface area is 81.0 Å². The molecule has 0 aromatic heterocycles. The van der Waals surface area contributed by atoms with Gasteiger partial charge in [0, 0.05) is 19.8 Å². The molecule has 0 bridgehead atoms. The van der Waals surface area contributed by atoms with Gasteiger partial charge in [-0.25, -0.2) is 0 Å². The average Bonchev–Trinajstić information content (AvgIpc) is 2.13. The summed E-state index contributed by atoms with van der Waals surface area (Å²) < 4.78 is 10.4. The minimum absolute atomic E-state index is 0.327. The van der Waals surface area contributed by atoms with Crippen LogP contribution in [-0.2, 0) is 9.47 Å². The Morgan fingerprint density at radius 3 is 2.54 bits per heavy atom. The normalized spacial score (nSPS) is 13.2. The monoisotopic (exact) mass is 190 g/mol. The quantitative estimate of drug-likeness (QED) is 0.561. The molecule has 0 aliphatic rings. The Hall–Kier alpha value is -0.120. The Kier molecular flexibility index (Phi) is 9.87. The van der Waals surface area contributed by atoms with Crippen molar-refractivity contribution in [2.24, 2.45) is 0 Å². The lowest BCUT2D eigenvalue weighted by atomic mass is 10.2. The summed E-state index contributed by atoms with van der Waals surface area (Å²) >= 11 is 0. The van der Waals surface area contributed by atoms with Crippen LogP contribution in [0.15, 0.2) is 0 Å². The van der Waals surface area contributed by atoms with Gasteiger partial charge in [-0.15, -0.1) is 0 Å². The van der Waals surface area contributed by atoms with E-state index in [0.29, 0.717) is 6.61 Å². The highest BCUT2D eigenvalue weighted by Crippen LogP contribution is 1.98. The van der Waals surface area contributed by atoms with Crippen LogP contribution >= 0.6 is 0 Å². The fourth-order valence-electron chi connectivity index (χ4n) is 1.01. The van der Waals surface area contributed by atoms with E-state index in [1.807, 2.05) is 6.92 Å². The summed E-state index contributed by atoms with van der Waals surface area (Å²) in [6.45, 7) is 6.72. The number of ether oxygens (including phenoxy) is 2. The maximum Gasteiger partial charge on any atom is 0.0774 e. The zero-order valence-corrected chi connectivity index (χ0v) is 8.79. The molecule has 0 fully saturated rings. The molecule has 13 heavy (non-hydrogen) atoms. The van der Waals surface area contributed by atoms with Crippen LogP contribution in [0.2, 0.25) is 0 Å². The molecule has 0 saturated carbocycles. The average molecular weight is 190 g/mol.